The molecule has 0 aliphatic carbocycles. The van der Waals surface area contributed by atoms with Gasteiger partial charge in [-0.15, -0.1) is 0 Å². The van der Waals surface area contributed by atoms with Gasteiger partial charge >= 0.3 is 0 Å². The van der Waals surface area contributed by atoms with Crippen molar-refractivity contribution < 1.29 is 26.4 Å². The number of ketones is 1. The molecule has 1 heterocycles. The van der Waals surface area contributed by atoms with Crippen molar-refractivity contribution >= 4 is 25.6 Å². The van der Waals surface area contributed by atoms with Crippen molar-refractivity contribution in [3.63, 3.8) is 0 Å². The van der Waals surface area contributed by atoms with Crippen LogP contribution in [0.15, 0.2) is 58.3 Å². The molecule has 7 nitrogen and oxygen atoms in total. The van der Waals surface area contributed by atoms with Crippen LogP contribution in [0.1, 0.15) is 17.3 Å². The molecule has 0 saturated carbocycles. The highest BCUT2D eigenvalue weighted by Gasteiger charge is 2.44. The minimum absolute atomic E-state index is 0.0350. The zero-order valence-corrected chi connectivity index (χ0v) is 16.5. The first kappa shape index (κ1) is 19.5. The van der Waals surface area contributed by atoms with Gasteiger partial charge in [0.2, 0.25) is 10.0 Å². The minimum atomic E-state index is -3.79. The highest BCUT2D eigenvalue weighted by Crippen LogP contribution is 2.29. The van der Waals surface area contributed by atoms with Gasteiger partial charge in [0.25, 0.3) is 0 Å². The largest absolute Gasteiger partial charge is 0.497 e. The fraction of sp³-hybridized carbons (Fsp3) is 0.278. The molecule has 1 saturated heterocycles. The lowest BCUT2D eigenvalue weighted by molar-refractivity contribution is 0.101. The zero-order chi connectivity index (χ0) is 19.8. The number of carbonyl (C=O) groups excluding carboxylic acids is 1. The van der Waals surface area contributed by atoms with E-state index in [1.807, 2.05) is 0 Å². The molecule has 0 aromatic heterocycles. The van der Waals surface area contributed by atoms with Crippen molar-refractivity contribution in [3.8, 4) is 5.75 Å². The molecule has 9 heteroatoms. The zero-order valence-electron chi connectivity index (χ0n) is 14.8. The first-order valence-electron chi connectivity index (χ1n) is 8.15. The average Bonchev–Trinajstić information content (AvgIpc) is 2.60. The number of nitrogens with zero attached hydrogens (tertiary/aromatic N) is 1. The van der Waals surface area contributed by atoms with E-state index < -0.39 is 25.1 Å². The molecule has 1 aliphatic heterocycles. The van der Waals surface area contributed by atoms with E-state index in [0.29, 0.717) is 11.3 Å². The third-order valence-electron chi connectivity index (χ3n) is 4.54. The van der Waals surface area contributed by atoms with Gasteiger partial charge in [0, 0.05) is 18.7 Å². The van der Waals surface area contributed by atoms with E-state index >= 15 is 0 Å². The van der Waals surface area contributed by atoms with Crippen LogP contribution in [0.5, 0.6) is 5.75 Å². The Morgan fingerprint density at radius 3 is 1.93 bits per heavy atom. The highest BCUT2D eigenvalue weighted by molar-refractivity contribution is 7.92. The van der Waals surface area contributed by atoms with Gasteiger partial charge in [0.1, 0.15) is 5.75 Å². The second kappa shape index (κ2) is 7.06. The SMILES string of the molecule is COc1ccc(S(=O)(=O)C2CN(S(=O)(=O)c3ccc(C(C)=O)cc3)C2)cc1. The number of Topliss-reactive ketones (excluding diaryl/α,β-unsaturated/α-hetero) is 1. The van der Waals surface area contributed by atoms with E-state index in [1.165, 1.54) is 50.4 Å². The van der Waals surface area contributed by atoms with Gasteiger partial charge < -0.3 is 4.74 Å². The van der Waals surface area contributed by atoms with Crippen LogP contribution < -0.4 is 4.74 Å². The molecule has 0 unspecified atom stereocenters. The summed E-state index contributed by atoms with van der Waals surface area (Å²) in [6.45, 7) is 1.18. The third kappa shape index (κ3) is 3.62. The summed E-state index contributed by atoms with van der Waals surface area (Å²) in [5.41, 5.74) is 0.414. The molecule has 2 aromatic rings. The summed E-state index contributed by atoms with van der Waals surface area (Å²) in [6, 6.07) is 11.6. The van der Waals surface area contributed by atoms with Gasteiger partial charge in [-0.1, -0.05) is 12.1 Å². The predicted molar refractivity (Wildman–Crippen MR) is 99.2 cm³/mol. The van der Waals surface area contributed by atoms with Crippen molar-refractivity contribution in [2.45, 2.75) is 22.0 Å². The number of carbonyl (C=O) groups is 1. The average molecular weight is 409 g/mol. The molecular weight excluding hydrogens is 390 g/mol. The molecule has 1 fully saturated rings. The third-order valence-corrected chi connectivity index (χ3v) is 8.49. The van der Waals surface area contributed by atoms with E-state index in [2.05, 4.69) is 0 Å². The first-order chi connectivity index (χ1) is 12.7. The second-order valence-electron chi connectivity index (χ2n) is 6.25. The number of sulfone groups is 1. The Morgan fingerprint density at radius 2 is 1.44 bits per heavy atom. The van der Waals surface area contributed by atoms with E-state index in [-0.39, 0.29) is 28.7 Å². The quantitative estimate of drug-likeness (QED) is 0.674. The number of ether oxygens (including phenoxy) is 1. The number of hydrogen-bond acceptors (Lipinski definition) is 6. The molecule has 0 atom stereocenters. The highest BCUT2D eigenvalue weighted by atomic mass is 32.2. The summed E-state index contributed by atoms with van der Waals surface area (Å²) in [6.07, 6.45) is 0. The molecule has 144 valence electrons. The second-order valence-corrected chi connectivity index (χ2v) is 10.4. The minimum Gasteiger partial charge on any atom is -0.497 e. The smallest absolute Gasteiger partial charge is 0.243 e. The van der Waals surface area contributed by atoms with Crippen molar-refractivity contribution in [1.82, 2.24) is 4.31 Å². The molecule has 0 bridgehead atoms. The number of benzene rings is 2. The Kier molecular flexibility index (Phi) is 5.11. The Balaban J connectivity index is 1.74. The molecule has 0 N–H and O–H groups in total. The molecular formula is C18H19NO6S2. The summed E-state index contributed by atoms with van der Waals surface area (Å²) in [5.74, 6) is 0.384. The predicted octanol–water partition coefficient (Wildman–Crippen LogP) is 1.74. The van der Waals surface area contributed by atoms with Gasteiger partial charge in [-0.25, -0.2) is 16.8 Å². The van der Waals surface area contributed by atoms with E-state index in [0.717, 1.165) is 4.31 Å². The van der Waals surface area contributed by atoms with Gasteiger partial charge in [0.15, 0.2) is 15.6 Å². The van der Waals surface area contributed by atoms with Crippen molar-refractivity contribution in [2.75, 3.05) is 20.2 Å². The molecule has 0 spiro atoms. The molecule has 3 rings (SSSR count). The summed E-state index contributed by atoms with van der Waals surface area (Å²) < 4.78 is 56.7. The van der Waals surface area contributed by atoms with E-state index in [9.17, 15) is 21.6 Å². The molecule has 0 amide bonds. The van der Waals surface area contributed by atoms with Crippen molar-refractivity contribution in [1.29, 1.82) is 0 Å². The molecule has 2 aromatic carbocycles. The maximum atomic E-state index is 12.6. The number of rotatable bonds is 6. The Morgan fingerprint density at radius 1 is 0.926 bits per heavy atom. The van der Waals surface area contributed by atoms with Crippen LogP contribution in [0, 0.1) is 0 Å². The van der Waals surface area contributed by atoms with Crippen molar-refractivity contribution in [3.05, 3.63) is 54.1 Å². The summed E-state index contributed by atoms with van der Waals surface area (Å²) in [4.78, 5) is 11.5. The van der Waals surface area contributed by atoms with Gasteiger partial charge in [0.05, 0.1) is 22.2 Å². The summed E-state index contributed by atoms with van der Waals surface area (Å²) in [7, 11) is -5.93. The van der Waals surface area contributed by atoms with Crippen LogP contribution in [-0.2, 0) is 19.9 Å². The van der Waals surface area contributed by atoms with Crippen LogP contribution in [-0.4, -0.2) is 52.4 Å². The maximum absolute atomic E-state index is 12.6. The fourth-order valence-corrected chi connectivity index (χ4v) is 6.13. The van der Waals surface area contributed by atoms with Crippen LogP contribution in [0.3, 0.4) is 0 Å². The lowest BCUT2D eigenvalue weighted by atomic mass is 10.2. The lowest BCUT2D eigenvalue weighted by Gasteiger charge is -2.37. The standard InChI is InChI=1S/C18H19NO6S2/c1-13(20)14-3-7-17(8-4-14)27(23,24)19-11-18(12-19)26(21,22)16-9-5-15(25-2)6-10-16/h3-10,18H,11-12H2,1-2H3. The number of methoxy groups -OCH3 is 1. The van der Waals surface area contributed by atoms with Crippen molar-refractivity contribution in [2.24, 2.45) is 0 Å². The Hall–Kier alpha value is -2.23. The summed E-state index contributed by atoms with van der Waals surface area (Å²) in [5, 5.41) is -0.794. The topological polar surface area (TPSA) is 97.8 Å². The summed E-state index contributed by atoms with van der Waals surface area (Å²) >= 11 is 0. The van der Waals surface area contributed by atoms with E-state index in [1.54, 1.807) is 12.1 Å². The van der Waals surface area contributed by atoms with Crippen LogP contribution in [0.25, 0.3) is 0 Å². The van der Waals surface area contributed by atoms with Crippen LogP contribution >= 0.6 is 0 Å². The van der Waals surface area contributed by atoms with Crippen LogP contribution in [0.2, 0.25) is 0 Å². The van der Waals surface area contributed by atoms with Crippen LogP contribution in [0.4, 0.5) is 0 Å². The van der Waals surface area contributed by atoms with E-state index in [4.69, 9.17) is 4.74 Å². The fourth-order valence-electron chi connectivity index (χ4n) is 2.76. The normalized spacial score (nSPS) is 15.9. The maximum Gasteiger partial charge on any atom is 0.243 e. The number of hydrogen-bond donors (Lipinski definition) is 0. The monoisotopic (exact) mass is 409 g/mol. The van der Waals surface area contributed by atoms with Gasteiger partial charge in [-0.3, -0.25) is 4.79 Å². The number of sulfonamides is 1. The molecule has 0 radical (unpaired) electrons. The molecule has 27 heavy (non-hydrogen) atoms. The first-order valence-corrected chi connectivity index (χ1v) is 11.1. The Bertz CT molecular complexity index is 1050. The Labute approximate surface area is 158 Å². The van der Waals surface area contributed by atoms with Gasteiger partial charge in [-0.2, -0.15) is 4.31 Å². The molecule has 1 aliphatic rings. The lowest BCUT2D eigenvalue weighted by Crippen LogP contribution is -2.56. The van der Waals surface area contributed by atoms with Gasteiger partial charge in [-0.05, 0) is 43.3 Å².